The molecule has 0 spiro atoms. The summed E-state index contributed by atoms with van der Waals surface area (Å²) in [5.41, 5.74) is 5.72. The first-order valence-electron chi connectivity index (χ1n) is 7.61. The summed E-state index contributed by atoms with van der Waals surface area (Å²) in [6.07, 6.45) is 1.56. The average Bonchev–Trinajstić information content (AvgIpc) is 3.06. The van der Waals surface area contributed by atoms with E-state index in [1.807, 2.05) is 43.3 Å². The lowest BCUT2D eigenvalue weighted by molar-refractivity contribution is 1.04. The molecule has 0 radical (unpaired) electrons. The molecule has 0 unspecified atom stereocenters. The summed E-state index contributed by atoms with van der Waals surface area (Å²) < 4.78 is 0. The molecule has 3 N–H and O–H groups in total. The number of anilines is 3. The molecule has 2 aromatic carbocycles. The zero-order valence-corrected chi connectivity index (χ0v) is 16.1. The fraction of sp³-hybridized carbons (Fsp3) is 0.0588. The number of nitrogens with zero attached hydrogens (tertiary/aromatic N) is 3. The van der Waals surface area contributed by atoms with Gasteiger partial charge >= 0.3 is 0 Å². The molecule has 0 aliphatic heterocycles. The van der Waals surface area contributed by atoms with Crippen LogP contribution in [-0.4, -0.2) is 21.5 Å². The molecule has 3 rings (SSSR count). The van der Waals surface area contributed by atoms with Gasteiger partial charge < -0.3 is 10.6 Å². The van der Waals surface area contributed by atoms with Crippen molar-refractivity contribution in [3.8, 4) is 0 Å². The molecule has 0 saturated heterocycles. The van der Waals surface area contributed by atoms with Crippen molar-refractivity contribution in [1.29, 1.82) is 0 Å². The topological polar surface area (TPSA) is 74.2 Å². The second-order valence-corrected chi connectivity index (χ2v) is 7.12. The minimum atomic E-state index is 0.397. The van der Waals surface area contributed by atoms with Crippen LogP contribution in [0.5, 0.6) is 0 Å². The van der Waals surface area contributed by atoms with Crippen LogP contribution in [0.15, 0.2) is 53.6 Å². The second kappa shape index (κ2) is 8.70. The largest absolute Gasteiger partial charge is 0.331 e. The van der Waals surface area contributed by atoms with Crippen LogP contribution in [-0.2, 0) is 0 Å². The number of hydrogen-bond donors (Lipinski definition) is 3. The molecule has 3 aromatic rings. The van der Waals surface area contributed by atoms with Gasteiger partial charge in [0.05, 0.1) is 6.21 Å². The van der Waals surface area contributed by atoms with E-state index in [1.165, 1.54) is 16.9 Å². The molecule has 0 fully saturated rings. The molecule has 1 aromatic heterocycles. The fourth-order valence-corrected chi connectivity index (χ4v) is 2.87. The van der Waals surface area contributed by atoms with Gasteiger partial charge in [-0.1, -0.05) is 40.6 Å². The lowest BCUT2D eigenvalue weighted by atomic mass is 10.2. The number of nitrogens with one attached hydrogen (secondary N) is 3. The zero-order chi connectivity index (χ0) is 18.4. The molecule has 9 heteroatoms. The molecule has 0 aliphatic carbocycles. The van der Waals surface area contributed by atoms with Gasteiger partial charge in [-0.2, -0.15) is 5.10 Å². The summed E-state index contributed by atoms with van der Waals surface area (Å²) in [5, 5.41) is 20.8. The van der Waals surface area contributed by atoms with E-state index in [2.05, 4.69) is 31.4 Å². The number of aromatic nitrogens is 2. The molecule has 132 valence electrons. The van der Waals surface area contributed by atoms with E-state index in [-0.39, 0.29) is 0 Å². The number of aryl methyl sites for hydroxylation is 1. The highest BCUT2D eigenvalue weighted by Gasteiger charge is 2.03. The van der Waals surface area contributed by atoms with Crippen LogP contribution in [0.25, 0.3) is 0 Å². The second-order valence-electron chi connectivity index (χ2n) is 5.27. The van der Waals surface area contributed by atoms with Crippen molar-refractivity contribution in [1.82, 2.24) is 15.6 Å². The number of hydrazone groups is 1. The Labute approximate surface area is 165 Å². The van der Waals surface area contributed by atoms with Gasteiger partial charge in [0.15, 0.2) is 10.1 Å². The van der Waals surface area contributed by atoms with Crippen LogP contribution in [0.4, 0.5) is 16.5 Å². The average molecular weight is 403 g/mol. The third-order valence-electron chi connectivity index (χ3n) is 3.19. The summed E-state index contributed by atoms with van der Waals surface area (Å²) in [6, 6.07) is 15.3. The highest BCUT2D eigenvalue weighted by Crippen LogP contribution is 2.21. The lowest BCUT2D eigenvalue weighted by Crippen LogP contribution is -2.23. The molecular weight excluding hydrogens is 388 g/mol. The Morgan fingerprint density at radius 1 is 1.08 bits per heavy atom. The van der Waals surface area contributed by atoms with Gasteiger partial charge in [-0.05, 0) is 55.5 Å². The van der Waals surface area contributed by atoms with Gasteiger partial charge in [0.25, 0.3) is 0 Å². The van der Waals surface area contributed by atoms with Crippen LogP contribution >= 0.6 is 35.2 Å². The third-order valence-corrected chi connectivity index (χ3v) is 4.41. The van der Waals surface area contributed by atoms with E-state index in [1.54, 1.807) is 18.3 Å². The molecule has 0 atom stereocenters. The van der Waals surface area contributed by atoms with Crippen molar-refractivity contribution in [3.63, 3.8) is 0 Å². The Kier molecular flexibility index (Phi) is 6.11. The van der Waals surface area contributed by atoms with Gasteiger partial charge in [0.2, 0.25) is 5.13 Å². The van der Waals surface area contributed by atoms with Crippen molar-refractivity contribution in [3.05, 3.63) is 64.1 Å². The van der Waals surface area contributed by atoms with Crippen molar-refractivity contribution in [2.75, 3.05) is 10.6 Å². The number of benzene rings is 2. The number of thiocarbonyl (C=S) groups is 1. The zero-order valence-electron chi connectivity index (χ0n) is 13.7. The highest BCUT2D eigenvalue weighted by atomic mass is 35.5. The SMILES string of the molecule is Cc1ccc(NC(=S)N/N=C/c2nnc(Nc3ccc(Cl)cc3)s2)cc1. The Bertz CT molecular complexity index is 906. The number of rotatable bonds is 5. The molecule has 1 heterocycles. The van der Waals surface area contributed by atoms with E-state index in [0.717, 1.165) is 11.4 Å². The van der Waals surface area contributed by atoms with Gasteiger partial charge in [-0.25, -0.2) is 0 Å². The molecular formula is C17H15ClN6S2. The quantitative estimate of drug-likeness (QED) is 0.330. The highest BCUT2D eigenvalue weighted by molar-refractivity contribution is 7.80. The van der Waals surface area contributed by atoms with E-state index in [4.69, 9.17) is 23.8 Å². The number of hydrogen-bond acceptors (Lipinski definition) is 6. The Morgan fingerprint density at radius 3 is 2.50 bits per heavy atom. The first-order chi connectivity index (χ1) is 12.6. The smallest absolute Gasteiger partial charge is 0.210 e. The minimum Gasteiger partial charge on any atom is -0.331 e. The molecule has 0 aliphatic rings. The third kappa shape index (κ3) is 5.48. The summed E-state index contributed by atoms with van der Waals surface area (Å²) >= 11 is 12.4. The Morgan fingerprint density at radius 2 is 1.77 bits per heavy atom. The molecule has 0 amide bonds. The van der Waals surface area contributed by atoms with Gasteiger partial charge in [0.1, 0.15) is 0 Å². The van der Waals surface area contributed by atoms with E-state index >= 15 is 0 Å². The summed E-state index contributed by atoms with van der Waals surface area (Å²) in [7, 11) is 0. The maximum absolute atomic E-state index is 5.87. The van der Waals surface area contributed by atoms with Crippen molar-refractivity contribution < 1.29 is 0 Å². The maximum atomic E-state index is 5.87. The Hall–Kier alpha value is -2.55. The standard InChI is InChI=1S/C17H15ClN6S2/c1-11-2-6-13(7-3-11)20-16(25)23-19-10-15-22-24-17(26-15)21-14-8-4-12(18)5-9-14/h2-10H,1H3,(H,21,24)(H2,20,23,25)/b19-10+. The minimum absolute atomic E-state index is 0.397. The first kappa shape index (κ1) is 18.2. The van der Waals surface area contributed by atoms with Gasteiger partial charge in [0, 0.05) is 16.4 Å². The summed E-state index contributed by atoms with van der Waals surface area (Å²) in [5.74, 6) is 0. The van der Waals surface area contributed by atoms with E-state index < -0.39 is 0 Å². The maximum Gasteiger partial charge on any atom is 0.210 e. The monoisotopic (exact) mass is 402 g/mol. The van der Waals surface area contributed by atoms with Gasteiger partial charge in [-0.3, -0.25) is 5.43 Å². The van der Waals surface area contributed by atoms with Crippen LogP contribution in [0, 0.1) is 6.92 Å². The first-order valence-corrected chi connectivity index (χ1v) is 9.21. The van der Waals surface area contributed by atoms with E-state index in [0.29, 0.717) is 20.3 Å². The van der Waals surface area contributed by atoms with Crippen LogP contribution in [0.3, 0.4) is 0 Å². The fourth-order valence-electron chi connectivity index (χ4n) is 1.94. The summed E-state index contributed by atoms with van der Waals surface area (Å²) in [6.45, 7) is 2.03. The molecule has 6 nitrogen and oxygen atoms in total. The predicted octanol–water partition coefficient (Wildman–Crippen LogP) is 4.56. The Balaban J connectivity index is 1.51. The van der Waals surface area contributed by atoms with E-state index in [9.17, 15) is 0 Å². The lowest BCUT2D eigenvalue weighted by Gasteiger charge is -2.06. The van der Waals surface area contributed by atoms with Crippen LogP contribution in [0.2, 0.25) is 5.02 Å². The molecule has 26 heavy (non-hydrogen) atoms. The normalized spacial score (nSPS) is 10.7. The van der Waals surface area contributed by atoms with Crippen molar-refractivity contribution >= 4 is 63.0 Å². The van der Waals surface area contributed by atoms with Crippen LogP contribution < -0.4 is 16.1 Å². The van der Waals surface area contributed by atoms with Crippen LogP contribution in [0.1, 0.15) is 10.6 Å². The van der Waals surface area contributed by atoms with Crippen molar-refractivity contribution in [2.24, 2.45) is 5.10 Å². The number of halogens is 1. The molecule has 0 bridgehead atoms. The molecule has 0 saturated carbocycles. The van der Waals surface area contributed by atoms with Crippen molar-refractivity contribution in [2.45, 2.75) is 6.92 Å². The predicted molar refractivity (Wildman–Crippen MR) is 113 cm³/mol. The summed E-state index contributed by atoms with van der Waals surface area (Å²) in [4.78, 5) is 0. The van der Waals surface area contributed by atoms with Gasteiger partial charge in [-0.15, -0.1) is 10.2 Å².